The van der Waals surface area contributed by atoms with Crippen molar-refractivity contribution in [1.29, 1.82) is 0 Å². The van der Waals surface area contributed by atoms with Crippen molar-refractivity contribution >= 4 is 0 Å². The zero-order valence-corrected chi connectivity index (χ0v) is 10.5. The lowest BCUT2D eigenvalue weighted by Crippen LogP contribution is -1.95. The van der Waals surface area contributed by atoms with Crippen molar-refractivity contribution in [3.63, 3.8) is 0 Å². The van der Waals surface area contributed by atoms with Crippen molar-refractivity contribution < 1.29 is 0 Å². The van der Waals surface area contributed by atoms with Gasteiger partial charge in [0.1, 0.15) is 0 Å². The molecule has 0 nitrogen and oxygen atoms in total. The molecular weight excluding hydrogens is 204 g/mol. The number of fused-ring (bicyclic) bond motifs is 3. The summed E-state index contributed by atoms with van der Waals surface area (Å²) in [6, 6.07) is 15.5. The van der Waals surface area contributed by atoms with Gasteiger partial charge in [-0.25, -0.2) is 0 Å². The normalized spacial score (nSPS) is 12.6. The minimum atomic E-state index is 1.09. The van der Waals surface area contributed by atoms with Crippen molar-refractivity contribution in [1.82, 2.24) is 0 Å². The molecule has 1 aliphatic rings. The maximum Gasteiger partial charge on any atom is -0.00134 e. The zero-order valence-electron chi connectivity index (χ0n) is 10.5. The van der Waals surface area contributed by atoms with Crippen molar-refractivity contribution in [2.75, 3.05) is 0 Å². The molecule has 0 heterocycles. The highest BCUT2D eigenvalue weighted by Crippen LogP contribution is 2.39. The molecule has 2 aromatic carbocycles. The maximum absolute atomic E-state index is 2.27. The highest BCUT2D eigenvalue weighted by molar-refractivity contribution is 5.79. The van der Waals surface area contributed by atoms with E-state index < -0.39 is 0 Å². The van der Waals surface area contributed by atoms with Gasteiger partial charge in [0.15, 0.2) is 0 Å². The molecule has 0 aromatic heterocycles. The highest BCUT2D eigenvalue weighted by atomic mass is 14.2. The van der Waals surface area contributed by atoms with Gasteiger partial charge in [-0.15, -0.1) is 0 Å². The third-order valence-electron chi connectivity index (χ3n) is 3.45. The van der Waals surface area contributed by atoms with Gasteiger partial charge >= 0.3 is 0 Å². The molecule has 0 saturated carbocycles. The van der Waals surface area contributed by atoms with Crippen LogP contribution in [0.2, 0.25) is 0 Å². The largest absolute Gasteiger partial charge is 0.0619 e. The lowest BCUT2D eigenvalue weighted by molar-refractivity contribution is 0.957. The first-order chi connectivity index (χ1) is 8.25. The lowest BCUT2D eigenvalue weighted by atomic mass is 9.93. The van der Waals surface area contributed by atoms with E-state index in [4.69, 9.17) is 0 Å². The van der Waals surface area contributed by atoms with E-state index in [9.17, 15) is 0 Å². The fourth-order valence-corrected chi connectivity index (χ4v) is 2.80. The van der Waals surface area contributed by atoms with E-state index in [1.54, 1.807) is 0 Å². The Balaban J connectivity index is 2.16. The van der Waals surface area contributed by atoms with Crippen LogP contribution >= 0.6 is 0 Å². The molecule has 0 aliphatic heterocycles. The summed E-state index contributed by atoms with van der Waals surface area (Å²) >= 11 is 0. The third-order valence-corrected chi connectivity index (χ3v) is 3.45. The summed E-state index contributed by atoms with van der Waals surface area (Å²) in [6.07, 6.45) is 2.19. The van der Waals surface area contributed by atoms with Gasteiger partial charge in [0.05, 0.1) is 0 Å². The van der Waals surface area contributed by atoms with Crippen LogP contribution < -0.4 is 0 Å². The van der Waals surface area contributed by atoms with Crippen molar-refractivity contribution in [3.8, 4) is 11.1 Å². The summed E-state index contributed by atoms with van der Waals surface area (Å²) in [5.41, 5.74) is 7.38. The second kappa shape index (κ2) is 4.03. The molecule has 0 N–H and O–H groups in total. The average molecular weight is 221 g/mol. The SMILES string of the molecule is C[C](C)Cc1cccc2c1-c1ccccc1C2. The predicted molar refractivity (Wildman–Crippen MR) is 73.0 cm³/mol. The lowest BCUT2D eigenvalue weighted by Gasteiger charge is -2.11. The minimum Gasteiger partial charge on any atom is -0.0619 e. The molecule has 85 valence electrons. The highest BCUT2D eigenvalue weighted by Gasteiger charge is 2.20. The fraction of sp³-hybridized carbons (Fsp3) is 0.235. The molecule has 1 radical (unpaired) electrons. The van der Waals surface area contributed by atoms with Crippen LogP contribution in [0, 0.1) is 5.92 Å². The first-order valence-corrected chi connectivity index (χ1v) is 6.24. The van der Waals surface area contributed by atoms with Gasteiger partial charge in [0.2, 0.25) is 0 Å². The Bertz CT molecular complexity index is 550. The molecule has 0 unspecified atom stereocenters. The first-order valence-electron chi connectivity index (χ1n) is 6.24. The second-order valence-electron chi connectivity index (χ2n) is 5.17. The standard InChI is InChI=1S/C17H17/c1-12(2)10-14-7-5-8-15-11-13-6-3-4-9-16(13)17(14)15/h3-9H,10-11H2,1-2H3. The van der Waals surface area contributed by atoms with Crippen LogP contribution in [0.1, 0.15) is 30.5 Å². The van der Waals surface area contributed by atoms with Gasteiger partial charge in [-0.1, -0.05) is 56.3 Å². The van der Waals surface area contributed by atoms with E-state index in [1.165, 1.54) is 33.7 Å². The Morgan fingerprint density at radius 1 is 0.941 bits per heavy atom. The third kappa shape index (κ3) is 1.78. The summed E-state index contributed by atoms with van der Waals surface area (Å²) in [5.74, 6) is 1.47. The van der Waals surface area contributed by atoms with Crippen molar-refractivity contribution in [2.24, 2.45) is 0 Å². The zero-order chi connectivity index (χ0) is 11.8. The van der Waals surface area contributed by atoms with Crippen LogP contribution in [0.3, 0.4) is 0 Å². The summed E-state index contributed by atoms with van der Waals surface area (Å²) in [4.78, 5) is 0. The van der Waals surface area contributed by atoms with Crippen LogP contribution in [0.5, 0.6) is 0 Å². The number of benzene rings is 2. The molecule has 1 aliphatic carbocycles. The minimum absolute atomic E-state index is 1.09. The molecule has 0 bridgehead atoms. The van der Waals surface area contributed by atoms with Crippen molar-refractivity contribution in [2.45, 2.75) is 26.7 Å². The van der Waals surface area contributed by atoms with Crippen LogP contribution in [0.15, 0.2) is 42.5 Å². The van der Waals surface area contributed by atoms with Crippen LogP contribution in [0.25, 0.3) is 11.1 Å². The van der Waals surface area contributed by atoms with E-state index in [0.29, 0.717) is 0 Å². The summed E-state index contributed by atoms with van der Waals surface area (Å²) < 4.78 is 0. The molecule has 17 heavy (non-hydrogen) atoms. The van der Waals surface area contributed by atoms with E-state index in [2.05, 4.69) is 56.3 Å². The molecule has 0 saturated heterocycles. The average Bonchev–Trinajstić information content (AvgIpc) is 2.67. The second-order valence-corrected chi connectivity index (χ2v) is 5.17. The van der Waals surface area contributed by atoms with E-state index in [0.717, 1.165) is 12.8 Å². The van der Waals surface area contributed by atoms with Crippen LogP contribution in [-0.2, 0) is 12.8 Å². The maximum atomic E-state index is 2.27. The Labute approximate surface area is 103 Å². The fourth-order valence-electron chi connectivity index (χ4n) is 2.80. The smallest absolute Gasteiger partial charge is 0.00134 e. The Hall–Kier alpha value is -1.56. The molecular formula is C17H17. The molecule has 0 heteroatoms. The quantitative estimate of drug-likeness (QED) is 0.601. The molecule has 0 amide bonds. The number of rotatable bonds is 2. The molecule has 2 aromatic rings. The Morgan fingerprint density at radius 3 is 2.53 bits per heavy atom. The monoisotopic (exact) mass is 221 g/mol. The topological polar surface area (TPSA) is 0 Å². The Morgan fingerprint density at radius 2 is 1.71 bits per heavy atom. The summed E-state index contributed by atoms with van der Waals surface area (Å²) in [5, 5.41) is 0. The van der Waals surface area contributed by atoms with E-state index in [1.807, 2.05) is 0 Å². The van der Waals surface area contributed by atoms with Gasteiger partial charge in [-0.2, -0.15) is 0 Å². The Kier molecular flexibility index (Phi) is 2.51. The summed E-state index contributed by atoms with van der Waals surface area (Å²) in [7, 11) is 0. The summed E-state index contributed by atoms with van der Waals surface area (Å²) in [6.45, 7) is 4.42. The van der Waals surface area contributed by atoms with Gasteiger partial charge in [-0.3, -0.25) is 0 Å². The molecule has 3 rings (SSSR count). The van der Waals surface area contributed by atoms with Gasteiger partial charge in [-0.05, 0) is 46.6 Å². The van der Waals surface area contributed by atoms with Crippen LogP contribution in [-0.4, -0.2) is 0 Å². The van der Waals surface area contributed by atoms with Gasteiger partial charge in [0.25, 0.3) is 0 Å². The molecule has 0 spiro atoms. The van der Waals surface area contributed by atoms with Gasteiger partial charge < -0.3 is 0 Å². The number of hydrogen-bond donors (Lipinski definition) is 0. The van der Waals surface area contributed by atoms with E-state index in [-0.39, 0.29) is 0 Å². The van der Waals surface area contributed by atoms with Crippen molar-refractivity contribution in [3.05, 3.63) is 65.1 Å². The van der Waals surface area contributed by atoms with E-state index >= 15 is 0 Å². The predicted octanol–water partition coefficient (Wildman–Crippen LogP) is 4.41. The molecule has 0 atom stereocenters. The molecule has 0 fully saturated rings. The van der Waals surface area contributed by atoms with Gasteiger partial charge in [0, 0.05) is 0 Å². The number of hydrogen-bond acceptors (Lipinski definition) is 0. The van der Waals surface area contributed by atoms with Crippen LogP contribution in [0.4, 0.5) is 0 Å². The first kappa shape index (κ1) is 10.6.